The van der Waals surface area contributed by atoms with Crippen LogP contribution in [0.25, 0.3) is 10.2 Å². The van der Waals surface area contributed by atoms with Gasteiger partial charge in [0.05, 0.1) is 5.39 Å². The standard InChI is InChI=1S/C15H22N4S/c1-4-11-6-5-7-19(9-11)13-12-8-10(2)20-14(12)18-15(16-3)17-13/h8,11H,4-7,9H2,1-3H3,(H,16,17,18). The number of nitrogens with one attached hydrogen (secondary N) is 1. The molecule has 0 bridgehead atoms. The van der Waals surface area contributed by atoms with Crippen LogP contribution in [-0.2, 0) is 0 Å². The van der Waals surface area contributed by atoms with Gasteiger partial charge < -0.3 is 10.2 Å². The zero-order valence-corrected chi connectivity index (χ0v) is 13.3. The largest absolute Gasteiger partial charge is 0.357 e. The lowest BCUT2D eigenvalue weighted by atomic mass is 9.95. The number of thiophene rings is 1. The molecule has 4 nitrogen and oxygen atoms in total. The van der Waals surface area contributed by atoms with Crippen LogP contribution in [0.2, 0.25) is 0 Å². The number of fused-ring (bicyclic) bond motifs is 1. The number of rotatable bonds is 3. The van der Waals surface area contributed by atoms with Gasteiger partial charge >= 0.3 is 0 Å². The van der Waals surface area contributed by atoms with Gasteiger partial charge in [-0.3, -0.25) is 0 Å². The summed E-state index contributed by atoms with van der Waals surface area (Å²) in [6.45, 7) is 6.67. The molecule has 1 unspecified atom stereocenters. The Balaban J connectivity index is 2.04. The summed E-state index contributed by atoms with van der Waals surface area (Å²) in [5.74, 6) is 2.64. The van der Waals surface area contributed by atoms with Crippen LogP contribution < -0.4 is 10.2 Å². The van der Waals surface area contributed by atoms with E-state index in [1.54, 1.807) is 11.3 Å². The molecule has 0 aromatic carbocycles. The normalized spacial score (nSPS) is 19.6. The second-order valence-corrected chi connectivity index (χ2v) is 6.79. The van der Waals surface area contributed by atoms with E-state index >= 15 is 0 Å². The third kappa shape index (κ3) is 2.46. The fourth-order valence-corrected chi connectivity index (χ4v) is 3.84. The van der Waals surface area contributed by atoms with Crippen LogP contribution in [0.4, 0.5) is 11.8 Å². The van der Waals surface area contributed by atoms with Gasteiger partial charge in [-0.25, -0.2) is 4.98 Å². The Morgan fingerprint density at radius 2 is 2.30 bits per heavy atom. The van der Waals surface area contributed by atoms with Crippen molar-refractivity contribution in [2.75, 3.05) is 30.4 Å². The average molecular weight is 290 g/mol. The lowest BCUT2D eigenvalue weighted by Gasteiger charge is -2.33. The first-order valence-electron chi connectivity index (χ1n) is 7.42. The molecule has 3 rings (SSSR count). The van der Waals surface area contributed by atoms with E-state index in [9.17, 15) is 0 Å². The van der Waals surface area contributed by atoms with Crippen LogP contribution in [0.3, 0.4) is 0 Å². The molecular weight excluding hydrogens is 268 g/mol. The molecular formula is C15H22N4S. The molecule has 1 saturated heterocycles. The number of piperidine rings is 1. The van der Waals surface area contributed by atoms with Gasteiger partial charge in [0.25, 0.3) is 0 Å². The Hall–Kier alpha value is -1.36. The van der Waals surface area contributed by atoms with Gasteiger partial charge in [-0.05, 0) is 31.7 Å². The van der Waals surface area contributed by atoms with Gasteiger partial charge in [-0.15, -0.1) is 11.3 Å². The fraction of sp³-hybridized carbons (Fsp3) is 0.600. The first-order chi connectivity index (χ1) is 9.71. The highest BCUT2D eigenvalue weighted by Gasteiger charge is 2.22. The maximum atomic E-state index is 4.74. The van der Waals surface area contributed by atoms with E-state index in [-0.39, 0.29) is 0 Å². The Bertz CT molecular complexity index is 607. The smallest absolute Gasteiger partial charge is 0.225 e. The fourth-order valence-electron chi connectivity index (χ4n) is 2.97. The molecule has 0 spiro atoms. The number of aryl methyl sites for hydroxylation is 1. The Labute approximate surface area is 124 Å². The Kier molecular flexibility index (Phi) is 3.78. The molecule has 20 heavy (non-hydrogen) atoms. The third-order valence-corrected chi connectivity index (χ3v) is 5.06. The second-order valence-electron chi connectivity index (χ2n) is 5.56. The predicted molar refractivity (Wildman–Crippen MR) is 86.9 cm³/mol. The summed E-state index contributed by atoms with van der Waals surface area (Å²) in [7, 11) is 1.89. The number of anilines is 2. The number of nitrogens with zero attached hydrogens (tertiary/aromatic N) is 3. The predicted octanol–water partition coefficient (Wildman–Crippen LogP) is 3.67. The number of hydrogen-bond donors (Lipinski definition) is 1. The van der Waals surface area contributed by atoms with E-state index in [1.165, 1.54) is 29.5 Å². The molecule has 0 amide bonds. The first-order valence-corrected chi connectivity index (χ1v) is 8.23. The van der Waals surface area contributed by atoms with Gasteiger partial charge in [0.2, 0.25) is 5.95 Å². The van der Waals surface area contributed by atoms with Crippen molar-refractivity contribution < 1.29 is 0 Å². The molecule has 1 aliphatic rings. The van der Waals surface area contributed by atoms with Gasteiger partial charge in [0.15, 0.2) is 0 Å². The number of hydrogen-bond acceptors (Lipinski definition) is 5. The molecule has 0 saturated carbocycles. The summed E-state index contributed by atoms with van der Waals surface area (Å²) in [5.41, 5.74) is 0. The topological polar surface area (TPSA) is 41.1 Å². The molecule has 2 aromatic heterocycles. The van der Waals surface area contributed by atoms with E-state index in [0.29, 0.717) is 0 Å². The van der Waals surface area contributed by atoms with Gasteiger partial charge in [0, 0.05) is 25.0 Å². The molecule has 1 aliphatic heterocycles. The Morgan fingerprint density at radius 3 is 3.05 bits per heavy atom. The molecule has 3 heterocycles. The molecule has 0 aliphatic carbocycles. The second kappa shape index (κ2) is 5.56. The molecule has 2 aromatic rings. The quantitative estimate of drug-likeness (QED) is 0.936. The molecule has 1 N–H and O–H groups in total. The van der Waals surface area contributed by atoms with Crippen LogP contribution in [-0.4, -0.2) is 30.1 Å². The minimum absolute atomic E-state index is 0.730. The molecule has 1 fully saturated rings. The van der Waals surface area contributed by atoms with E-state index in [4.69, 9.17) is 4.98 Å². The molecule has 5 heteroatoms. The van der Waals surface area contributed by atoms with Crippen molar-refractivity contribution >= 4 is 33.3 Å². The lowest BCUT2D eigenvalue weighted by Crippen LogP contribution is -2.35. The summed E-state index contributed by atoms with van der Waals surface area (Å²) < 4.78 is 0. The van der Waals surface area contributed by atoms with Crippen molar-refractivity contribution in [3.63, 3.8) is 0 Å². The highest BCUT2D eigenvalue weighted by molar-refractivity contribution is 7.18. The SMILES string of the molecule is CCC1CCCN(c2nc(NC)nc3sc(C)cc23)C1. The summed E-state index contributed by atoms with van der Waals surface area (Å²) >= 11 is 1.75. The molecule has 108 valence electrons. The summed E-state index contributed by atoms with van der Waals surface area (Å²) in [5, 5.41) is 4.30. The van der Waals surface area contributed by atoms with E-state index in [1.807, 2.05) is 7.05 Å². The number of aromatic nitrogens is 2. The van der Waals surface area contributed by atoms with Crippen LogP contribution in [0.1, 0.15) is 31.1 Å². The maximum Gasteiger partial charge on any atom is 0.225 e. The summed E-state index contributed by atoms with van der Waals surface area (Å²) in [6.07, 6.45) is 3.87. The van der Waals surface area contributed by atoms with Gasteiger partial charge in [-0.1, -0.05) is 13.3 Å². The third-order valence-electron chi connectivity index (χ3n) is 4.12. The van der Waals surface area contributed by atoms with Crippen molar-refractivity contribution in [2.45, 2.75) is 33.1 Å². The van der Waals surface area contributed by atoms with Crippen molar-refractivity contribution in [1.82, 2.24) is 9.97 Å². The van der Waals surface area contributed by atoms with Crippen molar-refractivity contribution in [3.05, 3.63) is 10.9 Å². The van der Waals surface area contributed by atoms with Crippen molar-refractivity contribution in [2.24, 2.45) is 5.92 Å². The zero-order valence-electron chi connectivity index (χ0n) is 12.4. The zero-order chi connectivity index (χ0) is 14.1. The Morgan fingerprint density at radius 1 is 1.45 bits per heavy atom. The highest BCUT2D eigenvalue weighted by Crippen LogP contribution is 2.34. The van der Waals surface area contributed by atoms with E-state index in [0.717, 1.165) is 35.6 Å². The first kappa shape index (κ1) is 13.6. The average Bonchev–Trinajstić information content (AvgIpc) is 2.86. The van der Waals surface area contributed by atoms with Crippen molar-refractivity contribution in [3.8, 4) is 0 Å². The van der Waals surface area contributed by atoms with Crippen LogP contribution >= 0.6 is 11.3 Å². The van der Waals surface area contributed by atoms with E-state index < -0.39 is 0 Å². The molecule has 1 atom stereocenters. The molecule has 0 radical (unpaired) electrons. The van der Waals surface area contributed by atoms with Crippen LogP contribution in [0.5, 0.6) is 0 Å². The minimum atomic E-state index is 0.730. The summed E-state index contributed by atoms with van der Waals surface area (Å²) in [4.78, 5) is 14.2. The van der Waals surface area contributed by atoms with Gasteiger partial charge in [0.1, 0.15) is 10.6 Å². The van der Waals surface area contributed by atoms with Gasteiger partial charge in [-0.2, -0.15) is 4.98 Å². The van der Waals surface area contributed by atoms with E-state index in [2.05, 4.69) is 35.1 Å². The lowest BCUT2D eigenvalue weighted by molar-refractivity contribution is 0.403. The van der Waals surface area contributed by atoms with Crippen LogP contribution in [0, 0.1) is 12.8 Å². The van der Waals surface area contributed by atoms with Crippen molar-refractivity contribution in [1.29, 1.82) is 0 Å². The monoisotopic (exact) mass is 290 g/mol. The summed E-state index contributed by atoms with van der Waals surface area (Å²) in [6, 6.07) is 2.23. The highest BCUT2D eigenvalue weighted by atomic mass is 32.1. The van der Waals surface area contributed by atoms with Crippen LogP contribution in [0.15, 0.2) is 6.07 Å². The minimum Gasteiger partial charge on any atom is -0.357 e. The maximum absolute atomic E-state index is 4.74.